The molecule has 0 radical (unpaired) electrons. The minimum absolute atomic E-state index is 0.386. The van der Waals surface area contributed by atoms with Crippen molar-refractivity contribution in [3.05, 3.63) is 22.8 Å². The maximum absolute atomic E-state index is 5.54. The Labute approximate surface area is 115 Å². The van der Waals surface area contributed by atoms with Crippen molar-refractivity contribution < 1.29 is 4.74 Å². The molecular weight excluding hydrogens is 238 g/mol. The summed E-state index contributed by atoms with van der Waals surface area (Å²) in [4.78, 5) is 9.45. The van der Waals surface area contributed by atoms with Crippen molar-refractivity contribution in [1.82, 2.24) is 15.3 Å². The number of aromatic nitrogens is 2. The molecule has 2 fully saturated rings. The van der Waals surface area contributed by atoms with Crippen LogP contribution in [0.25, 0.3) is 0 Å². The van der Waals surface area contributed by atoms with Gasteiger partial charge in [-0.15, -0.1) is 0 Å². The molecule has 1 saturated carbocycles. The Hall–Kier alpha value is -1.00. The van der Waals surface area contributed by atoms with Crippen LogP contribution in [0.4, 0.5) is 0 Å². The van der Waals surface area contributed by atoms with E-state index >= 15 is 0 Å². The average Bonchev–Trinajstić information content (AvgIpc) is 3.23. The lowest BCUT2D eigenvalue weighted by Gasteiger charge is -2.22. The van der Waals surface area contributed by atoms with Crippen LogP contribution in [0.1, 0.15) is 54.4 Å². The topological polar surface area (TPSA) is 47.0 Å². The number of nitrogens with one attached hydrogen (secondary N) is 1. The highest BCUT2D eigenvalue weighted by Crippen LogP contribution is 2.25. The number of hydrogen-bond donors (Lipinski definition) is 1. The zero-order valence-electron chi connectivity index (χ0n) is 11.9. The summed E-state index contributed by atoms with van der Waals surface area (Å²) in [6, 6.07) is 0.727. The van der Waals surface area contributed by atoms with E-state index in [2.05, 4.69) is 19.2 Å². The van der Waals surface area contributed by atoms with Gasteiger partial charge in [0.2, 0.25) is 0 Å². The first-order valence-electron chi connectivity index (χ1n) is 7.39. The summed E-state index contributed by atoms with van der Waals surface area (Å²) < 4.78 is 5.54. The van der Waals surface area contributed by atoms with E-state index in [1.54, 1.807) is 0 Å². The fourth-order valence-corrected chi connectivity index (χ4v) is 2.68. The molecule has 3 rings (SSSR count). The number of nitrogens with zero attached hydrogens (tertiary/aromatic N) is 2. The van der Waals surface area contributed by atoms with Crippen LogP contribution in [-0.2, 0) is 11.3 Å². The van der Waals surface area contributed by atoms with Gasteiger partial charge in [-0.2, -0.15) is 0 Å². The Morgan fingerprint density at radius 1 is 1.16 bits per heavy atom. The summed E-state index contributed by atoms with van der Waals surface area (Å²) in [5.41, 5.74) is 3.52. The molecule has 19 heavy (non-hydrogen) atoms. The zero-order chi connectivity index (χ0) is 13.2. The molecule has 4 heteroatoms. The Morgan fingerprint density at radius 3 is 2.47 bits per heavy atom. The summed E-state index contributed by atoms with van der Waals surface area (Å²) in [7, 11) is 0. The minimum atomic E-state index is 0.386. The fourth-order valence-electron chi connectivity index (χ4n) is 2.68. The van der Waals surface area contributed by atoms with E-state index in [-0.39, 0.29) is 0 Å². The Kier molecular flexibility index (Phi) is 3.80. The van der Waals surface area contributed by atoms with Crippen molar-refractivity contribution in [2.24, 2.45) is 0 Å². The van der Waals surface area contributed by atoms with Crippen LogP contribution >= 0.6 is 0 Å². The lowest BCUT2D eigenvalue weighted by Crippen LogP contribution is -2.21. The van der Waals surface area contributed by atoms with Crippen molar-refractivity contribution in [2.75, 3.05) is 13.2 Å². The Balaban J connectivity index is 1.75. The predicted molar refractivity (Wildman–Crippen MR) is 74.2 cm³/mol. The van der Waals surface area contributed by atoms with E-state index in [0.717, 1.165) is 55.9 Å². The van der Waals surface area contributed by atoms with Gasteiger partial charge in [0, 0.05) is 42.1 Å². The molecule has 0 spiro atoms. The second kappa shape index (κ2) is 5.55. The summed E-state index contributed by atoms with van der Waals surface area (Å²) in [6.07, 6.45) is 4.91. The average molecular weight is 261 g/mol. The smallest absolute Gasteiger partial charge is 0.134 e. The second-order valence-electron chi connectivity index (χ2n) is 5.80. The second-order valence-corrected chi connectivity index (χ2v) is 5.80. The number of rotatable bonds is 4. The van der Waals surface area contributed by atoms with Crippen LogP contribution < -0.4 is 5.32 Å². The highest BCUT2D eigenvalue weighted by Gasteiger charge is 2.23. The van der Waals surface area contributed by atoms with Crippen LogP contribution in [0.5, 0.6) is 0 Å². The molecule has 4 nitrogen and oxygen atoms in total. The SMILES string of the molecule is Cc1nc(C2CCCOC2)nc(C)c1CNC1CC1. The summed E-state index contributed by atoms with van der Waals surface area (Å²) in [6.45, 7) is 6.78. The monoisotopic (exact) mass is 261 g/mol. The molecule has 1 aromatic heterocycles. The third kappa shape index (κ3) is 3.12. The molecule has 1 aliphatic heterocycles. The third-order valence-electron chi connectivity index (χ3n) is 4.11. The predicted octanol–water partition coefficient (Wildman–Crippen LogP) is 2.24. The first-order chi connectivity index (χ1) is 9.24. The summed E-state index contributed by atoms with van der Waals surface area (Å²) in [5, 5.41) is 3.55. The van der Waals surface area contributed by atoms with Gasteiger partial charge < -0.3 is 10.1 Å². The van der Waals surface area contributed by atoms with Crippen molar-refractivity contribution in [3.8, 4) is 0 Å². The quantitative estimate of drug-likeness (QED) is 0.903. The van der Waals surface area contributed by atoms with Gasteiger partial charge in [-0.3, -0.25) is 0 Å². The molecule has 0 aromatic carbocycles. The highest BCUT2D eigenvalue weighted by molar-refractivity contribution is 5.25. The van der Waals surface area contributed by atoms with Gasteiger partial charge in [-0.1, -0.05) is 0 Å². The van der Waals surface area contributed by atoms with Crippen LogP contribution in [-0.4, -0.2) is 29.2 Å². The van der Waals surface area contributed by atoms with Crippen molar-refractivity contribution in [3.63, 3.8) is 0 Å². The molecule has 1 N–H and O–H groups in total. The van der Waals surface area contributed by atoms with Crippen molar-refractivity contribution in [1.29, 1.82) is 0 Å². The van der Waals surface area contributed by atoms with Gasteiger partial charge in [-0.05, 0) is 39.5 Å². The molecule has 0 bridgehead atoms. The molecule has 1 atom stereocenters. The molecular formula is C15H23N3O. The molecule has 2 heterocycles. The van der Waals surface area contributed by atoms with Crippen LogP contribution in [0.2, 0.25) is 0 Å². The lowest BCUT2D eigenvalue weighted by atomic mass is 10.0. The number of hydrogen-bond acceptors (Lipinski definition) is 4. The van der Waals surface area contributed by atoms with Crippen LogP contribution in [0.15, 0.2) is 0 Å². The van der Waals surface area contributed by atoms with Gasteiger partial charge >= 0.3 is 0 Å². The van der Waals surface area contributed by atoms with Crippen molar-refractivity contribution in [2.45, 2.75) is 58.0 Å². The fraction of sp³-hybridized carbons (Fsp3) is 0.733. The van der Waals surface area contributed by atoms with Gasteiger partial charge in [0.25, 0.3) is 0 Å². The zero-order valence-corrected chi connectivity index (χ0v) is 11.9. The summed E-state index contributed by atoms with van der Waals surface area (Å²) >= 11 is 0. The minimum Gasteiger partial charge on any atom is -0.381 e. The maximum Gasteiger partial charge on any atom is 0.134 e. The van der Waals surface area contributed by atoms with Crippen LogP contribution in [0.3, 0.4) is 0 Å². The van der Waals surface area contributed by atoms with E-state index in [1.807, 2.05) is 0 Å². The standard InChI is InChI=1S/C15H23N3O/c1-10-14(8-16-13-5-6-13)11(2)18-15(17-10)12-4-3-7-19-9-12/h12-13,16H,3-9H2,1-2H3. The molecule has 0 amide bonds. The van der Waals surface area contributed by atoms with E-state index in [1.165, 1.54) is 18.4 Å². The van der Waals surface area contributed by atoms with E-state index in [4.69, 9.17) is 14.7 Å². The third-order valence-corrected chi connectivity index (χ3v) is 4.11. The molecule has 1 aliphatic carbocycles. The first-order valence-corrected chi connectivity index (χ1v) is 7.39. The molecule has 1 aromatic rings. The highest BCUT2D eigenvalue weighted by atomic mass is 16.5. The largest absolute Gasteiger partial charge is 0.381 e. The van der Waals surface area contributed by atoms with Crippen molar-refractivity contribution >= 4 is 0 Å². The van der Waals surface area contributed by atoms with Gasteiger partial charge in [0.1, 0.15) is 5.82 Å². The van der Waals surface area contributed by atoms with Gasteiger partial charge in [0.05, 0.1) is 6.61 Å². The van der Waals surface area contributed by atoms with E-state index in [0.29, 0.717) is 5.92 Å². The lowest BCUT2D eigenvalue weighted by molar-refractivity contribution is 0.0779. The first kappa shape index (κ1) is 13.0. The van der Waals surface area contributed by atoms with Gasteiger partial charge in [0.15, 0.2) is 0 Å². The Bertz CT molecular complexity index is 428. The normalized spacial score (nSPS) is 23.6. The summed E-state index contributed by atoms with van der Waals surface area (Å²) in [5.74, 6) is 1.36. The molecule has 1 saturated heterocycles. The molecule has 104 valence electrons. The molecule has 1 unspecified atom stereocenters. The number of ether oxygens (including phenoxy) is 1. The Morgan fingerprint density at radius 2 is 1.89 bits per heavy atom. The molecule has 2 aliphatic rings. The van der Waals surface area contributed by atoms with E-state index in [9.17, 15) is 0 Å². The maximum atomic E-state index is 5.54. The number of aryl methyl sites for hydroxylation is 2. The van der Waals surface area contributed by atoms with Gasteiger partial charge in [-0.25, -0.2) is 9.97 Å². The van der Waals surface area contributed by atoms with Crippen LogP contribution in [0, 0.1) is 13.8 Å². The van der Waals surface area contributed by atoms with E-state index < -0.39 is 0 Å².